The van der Waals surface area contributed by atoms with Gasteiger partial charge in [0.05, 0.1) is 11.4 Å². The molecule has 2 aromatic heterocycles. The first-order valence-corrected chi connectivity index (χ1v) is 10.3. The van der Waals surface area contributed by atoms with E-state index >= 15 is 0 Å². The van der Waals surface area contributed by atoms with Crippen molar-refractivity contribution in [2.24, 2.45) is 0 Å². The second-order valence-electron chi connectivity index (χ2n) is 5.76. The van der Waals surface area contributed by atoms with Gasteiger partial charge in [0.2, 0.25) is 0 Å². The van der Waals surface area contributed by atoms with Crippen molar-refractivity contribution >= 4 is 41.1 Å². The maximum Gasteiger partial charge on any atom is 0.184 e. The van der Waals surface area contributed by atoms with Gasteiger partial charge in [-0.15, -0.1) is 5.10 Å². The van der Waals surface area contributed by atoms with Gasteiger partial charge in [-0.1, -0.05) is 23.1 Å². The molecular weight excluding hydrogens is 389 g/mol. The molecule has 0 radical (unpaired) electrons. The normalized spacial score (nSPS) is 11.1. The summed E-state index contributed by atoms with van der Waals surface area (Å²) in [6.07, 6.45) is 0. The van der Waals surface area contributed by atoms with Gasteiger partial charge in [0.15, 0.2) is 14.1 Å². The van der Waals surface area contributed by atoms with Crippen molar-refractivity contribution in [1.29, 1.82) is 0 Å². The predicted molar refractivity (Wildman–Crippen MR) is 107 cm³/mol. The van der Waals surface area contributed by atoms with Crippen LogP contribution < -0.4 is 0 Å². The van der Waals surface area contributed by atoms with E-state index in [0.29, 0.717) is 15.4 Å². The van der Waals surface area contributed by atoms with E-state index in [9.17, 15) is 9.18 Å². The molecule has 2 heterocycles. The topological polar surface area (TPSA) is 39.8 Å². The number of ketones is 1. The minimum absolute atomic E-state index is 0.0808. The number of carbonyl (C=O) groups excluding carboxylic acids is 1. The van der Waals surface area contributed by atoms with Crippen molar-refractivity contribution in [3.63, 3.8) is 0 Å². The summed E-state index contributed by atoms with van der Waals surface area (Å²) in [7, 11) is 0. The highest BCUT2D eigenvalue weighted by molar-refractivity contribution is 8.01. The molecule has 0 unspecified atom stereocenters. The van der Waals surface area contributed by atoms with Gasteiger partial charge < -0.3 is 4.57 Å². The smallest absolute Gasteiger partial charge is 0.184 e. The molecule has 0 N–H and O–H groups in total. The molecule has 4 nitrogen and oxygen atoms in total. The van der Waals surface area contributed by atoms with Crippen LogP contribution in [-0.4, -0.2) is 25.9 Å². The van der Waals surface area contributed by atoms with E-state index in [1.54, 1.807) is 16.8 Å². The van der Waals surface area contributed by atoms with Crippen molar-refractivity contribution in [1.82, 2.24) is 14.3 Å². The number of benzene rings is 1. The Morgan fingerprint density at radius 3 is 2.62 bits per heavy atom. The van der Waals surface area contributed by atoms with Crippen molar-refractivity contribution < 1.29 is 9.18 Å². The first-order valence-electron chi connectivity index (χ1n) is 8.09. The molecule has 0 bridgehead atoms. The molecule has 0 spiro atoms. The molecule has 3 rings (SSSR count). The fraction of sp³-hybridized carbons (Fsp3) is 0.278. The Balaban J connectivity index is 1.74. The highest BCUT2D eigenvalue weighted by Crippen LogP contribution is 2.26. The average molecular weight is 408 g/mol. The maximum atomic E-state index is 13.1. The Kier molecular flexibility index (Phi) is 5.74. The van der Waals surface area contributed by atoms with E-state index in [-0.39, 0.29) is 11.6 Å². The summed E-state index contributed by atoms with van der Waals surface area (Å²) < 4.78 is 18.1. The summed E-state index contributed by atoms with van der Waals surface area (Å²) >= 11 is 8.06. The summed E-state index contributed by atoms with van der Waals surface area (Å²) in [6.45, 7) is 6.90. The molecule has 0 saturated heterocycles. The number of rotatable bonds is 6. The summed E-state index contributed by atoms with van der Waals surface area (Å²) in [5.41, 5.74) is 3.56. The third-order valence-corrected chi connectivity index (χ3v) is 6.48. The van der Waals surface area contributed by atoms with Gasteiger partial charge in [-0.05, 0) is 63.3 Å². The van der Waals surface area contributed by atoms with E-state index in [4.69, 9.17) is 12.2 Å². The Morgan fingerprint density at radius 1 is 1.31 bits per heavy atom. The zero-order valence-electron chi connectivity index (χ0n) is 14.7. The second-order valence-corrected chi connectivity index (χ2v) is 8.61. The molecule has 0 saturated carbocycles. The highest BCUT2D eigenvalue weighted by atomic mass is 32.2. The van der Waals surface area contributed by atoms with Gasteiger partial charge in [0, 0.05) is 23.5 Å². The van der Waals surface area contributed by atoms with Crippen LogP contribution in [0, 0.1) is 23.6 Å². The van der Waals surface area contributed by atoms with Gasteiger partial charge in [0.1, 0.15) is 5.82 Å². The molecule has 1 aromatic carbocycles. The highest BCUT2D eigenvalue weighted by Gasteiger charge is 2.16. The van der Waals surface area contributed by atoms with E-state index in [1.807, 2.05) is 19.9 Å². The van der Waals surface area contributed by atoms with Crippen LogP contribution in [0.4, 0.5) is 4.39 Å². The lowest BCUT2D eigenvalue weighted by atomic mass is 10.2. The second kappa shape index (κ2) is 7.85. The number of hydrogen-bond acceptors (Lipinski definition) is 5. The van der Waals surface area contributed by atoms with Crippen LogP contribution in [-0.2, 0) is 6.54 Å². The predicted octanol–water partition coefficient (Wildman–Crippen LogP) is 5.22. The first-order chi connectivity index (χ1) is 12.4. The molecule has 8 heteroatoms. The molecule has 0 aliphatic rings. The Bertz CT molecular complexity index is 1000. The van der Waals surface area contributed by atoms with Crippen LogP contribution in [0.2, 0.25) is 0 Å². The average Bonchev–Trinajstić information content (AvgIpc) is 3.12. The van der Waals surface area contributed by atoms with E-state index in [2.05, 4.69) is 16.6 Å². The lowest BCUT2D eigenvalue weighted by molar-refractivity contribution is 0.102. The van der Waals surface area contributed by atoms with Crippen LogP contribution in [0.25, 0.3) is 5.69 Å². The largest absolute Gasteiger partial charge is 0.349 e. The van der Waals surface area contributed by atoms with Crippen molar-refractivity contribution in [3.8, 4) is 5.69 Å². The van der Waals surface area contributed by atoms with Crippen molar-refractivity contribution in [2.75, 3.05) is 5.75 Å². The first kappa shape index (κ1) is 19.0. The third kappa shape index (κ3) is 3.82. The molecule has 0 fully saturated rings. The lowest BCUT2D eigenvalue weighted by Crippen LogP contribution is -2.06. The van der Waals surface area contributed by atoms with Crippen molar-refractivity contribution in [2.45, 2.75) is 31.7 Å². The zero-order chi connectivity index (χ0) is 18.8. The standard InChI is InChI=1S/C18H18FN3OS3/c1-4-21-11(2)9-15(12(21)3)16(23)10-25-17-20-22(18(24)26-17)14-7-5-13(19)6-8-14/h5-9H,4,10H2,1-3H3. The fourth-order valence-electron chi connectivity index (χ4n) is 2.84. The van der Waals surface area contributed by atoms with Crippen LogP contribution in [0.5, 0.6) is 0 Å². The van der Waals surface area contributed by atoms with Gasteiger partial charge in [-0.2, -0.15) is 0 Å². The monoisotopic (exact) mass is 407 g/mol. The van der Waals surface area contributed by atoms with Crippen LogP contribution >= 0.6 is 35.3 Å². The zero-order valence-corrected chi connectivity index (χ0v) is 17.1. The Hall–Kier alpha value is -1.77. The van der Waals surface area contributed by atoms with Gasteiger partial charge >= 0.3 is 0 Å². The summed E-state index contributed by atoms with van der Waals surface area (Å²) in [5, 5.41) is 4.45. The molecule has 0 amide bonds. The SMILES string of the molecule is CCn1c(C)cc(C(=O)CSc2nn(-c3ccc(F)cc3)c(=S)s2)c1C. The van der Waals surface area contributed by atoms with Gasteiger partial charge in [0.25, 0.3) is 0 Å². The van der Waals surface area contributed by atoms with Crippen LogP contribution in [0.1, 0.15) is 28.7 Å². The maximum absolute atomic E-state index is 13.1. The Morgan fingerprint density at radius 2 is 2.00 bits per heavy atom. The van der Waals surface area contributed by atoms with E-state index < -0.39 is 0 Å². The quantitative estimate of drug-likeness (QED) is 0.319. The summed E-state index contributed by atoms with van der Waals surface area (Å²) in [6, 6.07) is 7.95. The number of halogens is 1. The van der Waals surface area contributed by atoms with Crippen LogP contribution in [0.3, 0.4) is 0 Å². The van der Waals surface area contributed by atoms with Gasteiger partial charge in [-0.3, -0.25) is 4.79 Å². The molecule has 0 aliphatic heterocycles. The minimum atomic E-state index is -0.305. The number of carbonyl (C=O) groups is 1. The lowest BCUT2D eigenvalue weighted by Gasteiger charge is -2.05. The van der Waals surface area contributed by atoms with Gasteiger partial charge in [-0.25, -0.2) is 9.07 Å². The molecule has 0 aliphatic carbocycles. The molecule has 26 heavy (non-hydrogen) atoms. The third-order valence-electron chi connectivity index (χ3n) is 4.12. The molecule has 136 valence electrons. The van der Waals surface area contributed by atoms with Crippen molar-refractivity contribution in [3.05, 3.63) is 57.1 Å². The fourth-order valence-corrected chi connectivity index (χ4v) is 5.08. The minimum Gasteiger partial charge on any atom is -0.349 e. The Labute approximate surface area is 164 Å². The number of aromatic nitrogens is 3. The van der Waals surface area contributed by atoms with E-state index in [0.717, 1.165) is 27.8 Å². The molecular formula is C18H18FN3OS3. The number of aryl methyl sites for hydroxylation is 1. The summed E-state index contributed by atoms with van der Waals surface area (Å²) in [5.74, 6) is 0.0808. The number of thioether (sulfide) groups is 1. The van der Waals surface area contributed by atoms with Crippen LogP contribution in [0.15, 0.2) is 34.7 Å². The van der Waals surface area contributed by atoms with E-state index in [1.165, 1.54) is 35.2 Å². The molecule has 3 aromatic rings. The molecule has 0 atom stereocenters. The number of Topliss-reactive ketones (excluding diaryl/α,β-unsaturated/α-hetero) is 1. The number of hydrogen-bond donors (Lipinski definition) is 0. The number of nitrogens with zero attached hydrogens (tertiary/aromatic N) is 3. The summed E-state index contributed by atoms with van der Waals surface area (Å²) in [4.78, 5) is 12.6.